The Kier molecular flexibility index (Phi) is 5.35. The highest BCUT2D eigenvalue weighted by Gasteiger charge is 2.17. The van der Waals surface area contributed by atoms with Crippen LogP contribution in [-0.4, -0.2) is 31.3 Å². The van der Waals surface area contributed by atoms with Crippen LogP contribution in [0.3, 0.4) is 0 Å². The van der Waals surface area contributed by atoms with Crippen LogP contribution < -0.4 is 10.0 Å². The Bertz CT molecular complexity index is 653. The minimum absolute atomic E-state index is 0.283. The van der Waals surface area contributed by atoms with Crippen LogP contribution in [0.2, 0.25) is 0 Å². The quantitative estimate of drug-likeness (QED) is 0.728. The number of anilines is 1. The van der Waals surface area contributed by atoms with Gasteiger partial charge < -0.3 is 5.32 Å². The predicted molar refractivity (Wildman–Crippen MR) is 82.6 cm³/mol. The number of nitrogens with zero attached hydrogens (tertiary/aromatic N) is 2. The zero-order chi connectivity index (χ0) is 15.1. The molecular weight excluding hydrogens is 288 g/mol. The van der Waals surface area contributed by atoms with Crippen molar-refractivity contribution in [1.82, 2.24) is 14.5 Å². The van der Waals surface area contributed by atoms with Gasteiger partial charge in [0.05, 0.1) is 5.69 Å². The lowest BCUT2D eigenvalue weighted by Gasteiger charge is -2.12. The Balaban J connectivity index is 1.95. The number of hydrogen-bond acceptors (Lipinski definition) is 4. The summed E-state index contributed by atoms with van der Waals surface area (Å²) in [5.74, 6) is 0. The van der Waals surface area contributed by atoms with Gasteiger partial charge in [-0.3, -0.25) is 4.68 Å². The molecule has 0 aliphatic rings. The van der Waals surface area contributed by atoms with Gasteiger partial charge in [0.2, 0.25) is 10.0 Å². The average molecular weight is 308 g/mol. The standard InChI is InChI=1S/C14H20N4O2S/c1-2-15-13-7-3-4-8-14(13)21(19,20)17-10-6-12-18-11-5-9-16-18/h3-5,7-9,11,15,17H,2,6,10,12H2,1H3. The van der Waals surface area contributed by atoms with Crippen molar-refractivity contribution < 1.29 is 8.42 Å². The molecule has 0 fully saturated rings. The van der Waals surface area contributed by atoms with Gasteiger partial charge >= 0.3 is 0 Å². The minimum atomic E-state index is -3.50. The topological polar surface area (TPSA) is 76.0 Å². The largest absolute Gasteiger partial charge is 0.384 e. The zero-order valence-corrected chi connectivity index (χ0v) is 12.8. The van der Waals surface area contributed by atoms with Crippen molar-refractivity contribution in [3.8, 4) is 0 Å². The SMILES string of the molecule is CCNc1ccccc1S(=O)(=O)NCCCn1cccn1. The number of benzene rings is 1. The highest BCUT2D eigenvalue weighted by molar-refractivity contribution is 7.89. The maximum absolute atomic E-state index is 12.3. The summed E-state index contributed by atoms with van der Waals surface area (Å²) in [7, 11) is -3.50. The molecule has 0 spiro atoms. The van der Waals surface area contributed by atoms with E-state index in [1.54, 1.807) is 29.1 Å². The predicted octanol–water partition coefficient (Wildman–Crippen LogP) is 1.68. The van der Waals surface area contributed by atoms with Gasteiger partial charge in [-0.1, -0.05) is 12.1 Å². The van der Waals surface area contributed by atoms with E-state index in [1.807, 2.05) is 25.3 Å². The van der Waals surface area contributed by atoms with E-state index in [2.05, 4.69) is 15.1 Å². The van der Waals surface area contributed by atoms with Crippen molar-refractivity contribution in [3.63, 3.8) is 0 Å². The normalized spacial score (nSPS) is 11.5. The summed E-state index contributed by atoms with van der Waals surface area (Å²) < 4.78 is 29.0. The van der Waals surface area contributed by atoms with E-state index in [4.69, 9.17) is 0 Å². The third-order valence-corrected chi connectivity index (χ3v) is 4.48. The van der Waals surface area contributed by atoms with Crippen LogP contribution in [0.15, 0.2) is 47.6 Å². The van der Waals surface area contributed by atoms with Crippen LogP contribution in [0.1, 0.15) is 13.3 Å². The van der Waals surface area contributed by atoms with Crippen molar-refractivity contribution >= 4 is 15.7 Å². The first kappa shape index (κ1) is 15.5. The fourth-order valence-electron chi connectivity index (χ4n) is 2.00. The van der Waals surface area contributed by atoms with E-state index in [0.717, 1.165) is 0 Å². The second kappa shape index (κ2) is 7.24. The molecule has 1 aromatic heterocycles. The van der Waals surface area contributed by atoms with E-state index in [0.29, 0.717) is 31.7 Å². The van der Waals surface area contributed by atoms with E-state index in [1.165, 1.54) is 0 Å². The Morgan fingerprint density at radius 2 is 2.05 bits per heavy atom. The van der Waals surface area contributed by atoms with Crippen molar-refractivity contribution in [3.05, 3.63) is 42.7 Å². The van der Waals surface area contributed by atoms with Gasteiger partial charge in [0.1, 0.15) is 4.90 Å². The van der Waals surface area contributed by atoms with Crippen LogP contribution in [0, 0.1) is 0 Å². The maximum Gasteiger partial charge on any atom is 0.242 e. The molecule has 2 aromatic rings. The van der Waals surface area contributed by atoms with Crippen molar-refractivity contribution in [1.29, 1.82) is 0 Å². The smallest absolute Gasteiger partial charge is 0.242 e. The summed E-state index contributed by atoms with van der Waals surface area (Å²) in [5, 5.41) is 7.14. The van der Waals surface area contributed by atoms with Crippen molar-refractivity contribution in [2.75, 3.05) is 18.4 Å². The molecule has 0 atom stereocenters. The van der Waals surface area contributed by atoms with Crippen molar-refractivity contribution in [2.45, 2.75) is 24.8 Å². The van der Waals surface area contributed by atoms with Gasteiger partial charge in [0.25, 0.3) is 0 Å². The molecule has 1 heterocycles. The first-order valence-corrected chi connectivity index (χ1v) is 8.42. The lowest BCUT2D eigenvalue weighted by Crippen LogP contribution is -2.26. The molecule has 2 rings (SSSR count). The van der Waals surface area contributed by atoms with Gasteiger partial charge in [0, 0.05) is 32.0 Å². The molecule has 0 aliphatic carbocycles. The summed E-state index contributed by atoms with van der Waals surface area (Å²) >= 11 is 0. The van der Waals surface area contributed by atoms with E-state index < -0.39 is 10.0 Å². The monoisotopic (exact) mass is 308 g/mol. The molecule has 0 amide bonds. The summed E-state index contributed by atoms with van der Waals surface area (Å²) in [4.78, 5) is 0.283. The van der Waals surface area contributed by atoms with Gasteiger partial charge in [-0.25, -0.2) is 13.1 Å². The zero-order valence-electron chi connectivity index (χ0n) is 12.0. The third kappa shape index (κ3) is 4.30. The lowest BCUT2D eigenvalue weighted by molar-refractivity contribution is 0.553. The second-order valence-corrected chi connectivity index (χ2v) is 6.28. The number of aryl methyl sites for hydroxylation is 1. The van der Waals surface area contributed by atoms with Gasteiger partial charge in [-0.05, 0) is 31.5 Å². The van der Waals surface area contributed by atoms with Gasteiger partial charge in [-0.15, -0.1) is 0 Å². The molecule has 0 saturated heterocycles. The molecule has 2 N–H and O–H groups in total. The molecule has 0 unspecified atom stereocenters. The molecule has 114 valence electrons. The van der Waals surface area contributed by atoms with Crippen LogP contribution in [-0.2, 0) is 16.6 Å². The van der Waals surface area contributed by atoms with E-state index in [-0.39, 0.29) is 4.90 Å². The number of sulfonamides is 1. The summed E-state index contributed by atoms with van der Waals surface area (Å²) in [6.45, 7) is 3.67. The van der Waals surface area contributed by atoms with Gasteiger partial charge in [0.15, 0.2) is 0 Å². The molecule has 0 bridgehead atoms. The molecule has 0 saturated carbocycles. The maximum atomic E-state index is 12.3. The summed E-state index contributed by atoms with van der Waals surface area (Å²) in [6.07, 6.45) is 4.25. The lowest BCUT2D eigenvalue weighted by atomic mass is 10.3. The first-order chi connectivity index (χ1) is 10.1. The molecule has 21 heavy (non-hydrogen) atoms. The van der Waals surface area contributed by atoms with E-state index >= 15 is 0 Å². The molecule has 7 heteroatoms. The molecular formula is C14H20N4O2S. The van der Waals surface area contributed by atoms with Crippen LogP contribution in [0.4, 0.5) is 5.69 Å². The molecule has 0 aliphatic heterocycles. The Morgan fingerprint density at radius 1 is 1.24 bits per heavy atom. The summed E-state index contributed by atoms with van der Waals surface area (Å²) in [6, 6.07) is 8.75. The Hall–Kier alpha value is -1.86. The summed E-state index contributed by atoms with van der Waals surface area (Å²) in [5.41, 5.74) is 0.625. The molecule has 1 aromatic carbocycles. The third-order valence-electron chi connectivity index (χ3n) is 2.96. The number of aromatic nitrogens is 2. The number of para-hydroxylation sites is 1. The fraction of sp³-hybridized carbons (Fsp3) is 0.357. The second-order valence-electron chi connectivity index (χ2n) is 4.55. The minimum Gasteiger partial charge on any atom is -0.384 e. The first-order valence-electron chi connectivity index (χ1n) is 6.93. The van der Waals surface area contributed by atoms with Crippen LogP contribution >= 0.6 is 0 Å². The molecule has 0 radical (unpaired) electrons. The van der Waals surface area contributed by atoms with Crippen molar-refractivity contribution in [2.24, 2.45) is 0 Å². The average Bonchev–Trinajstić information content (AvgIpc) is 2.98. The number of nitrogens with one attached hydrogen (secondary N) is 2. The van der Waals surface area contributed by atoms with Crippen LogP contribution in [0.5, 0.6) is 0 Å². The van der Waals surface area contributed by atoms with E-state index in [9.17, 15) is 8.42 Å². The fourth-order valence-corrected chi connectivity index (χ4v) is 3.25. The Labute approximate surface area is 125 Å². The Morgan fingerprint density at radius 3 is 2.76 bits per heavy atom. The van der Waals surface area contributed by atoms with Crippen LogP contribution in [0.25, 0.3) is 0 Å². The highest BCUT2D eigenvalue weighted by atomic mass is 32.2. The molecule has 6 nitrogen and oxygen atoms in total. The number of rotatable bonds is 8. The van der Waals surface area contributed by atoms with Gasteiger partial charge in [-0.2, -0.15) is 5.10 Å². The number of hydrogen-bond donors (Lipinski definition) is 2. The highest BCUT2D eigenvalue weighted by Crippen LogP contribution is 2.20.